The molecule has 0 spiro atoms. The van der Waals surface area contributed by atoms with Crippen molar-refractivity contribution in [2.24, 2.45) is 5.41 Å². The number of rotatable bonds is 3. The number of nitrogens with one attached hydrogen (secondary N) is 1. The van der Waals surface area contributed by atoms with Gasteiger partial charge in [-0.05, 0) is 5.41 Å². The number of carbonyl (C=O) groups excluding carboxylic acids is 2. The zero-order valence-electron chi connectivity index (χ0n) is 10.2. The summed E-state index contributed by atoms with van der Waals surface area (Å²) in [6.45, 7) is 5.89. The third-order valence-corrected chi connectivity index (χ3v) is 2.36. The molecule has 0 aliphatic heterocycles. The molecule has 0 saturated carbocycles. The minimum absolute atomic E-state index is 0.0384. The number of ether oxygens (including phenoxy) is 1. The van der Waals surface area contributed by atoms with Crippen LogP contribution in [-0.2, 0) is 9.53 Å². The molecule has 0 saturated heterocycles. The van der Waals surface area contributed by atoms with E-state index in [2.05, 4.69) is 19.4 Å². The van der Waals surface area contributed by atoms with Crippen molar-refractivity contribution in [3.8, 4) is 0 Å². The van der Waals surface area contributed by atoms with Gasteiger partial charge >= 0.3 is 5.97 Å². The molecule has 1 aromatic rings. The van der Waals surface area contributed by atoms with Gasteiger partial charge in [-0.1, -0.05) is 20.8 Å². The number of aromatic nitrogens is 2. The third kappa shape index (κ3) is 4.48. The predicted octanol–water partition coefficient (Wildman–Crippen LogP) is 1.70. The Morgan fingerprint density at radius 2 is 2.06 bits per heavy atom. The molecule has 1 N–H and O–H groups in total. The van der Waals surface area contributed by atoms with Crippen molar-refractivity contribution in [2.45, 2.75) is 27.2 Å². The first-order valence-electron chi connectivity index (χ1n) is 5.04. The smallest absolute Gasteiger partial charge is 0.377 e. The second-order valence-corrected chi connectivity index (χ2v) is 5.45. The Morgan fingerprint density at radius 1 is 1.41 bits per heavy atom. The first-order chi connectivity index (χ1) is 7.81. The van der Waals surface area contributed by atoms with Gasteiger partial charge in [0.25, 0.3) is 5.82 Å². The summed E-state index contributed by atoms with van der Waals surface area (Å²) in [5, 5.41) is 2.90. The van der Waals surface area contributed by atoms with Crippen LogP contribution in [0, 0.1) is 5.41 Å². The molecular weight excluding hydrogens is 242 g/mol. The van der Waals surface area contributed by atoms with Crippen molar-refractivity contribution in [3.63, 3.8) is 0 Å². The maximum Gasteiger partial charge on any atom is 0.377 e. The van der Waals surface area contributed by atoms with Crippen LogP contribution in [0.1, 0.15) is 37.8 Å². The van der Waals surface area contributed by atoms with Crippen LogP contribution in [0.15, 0.2) is 0 Å². The molecule has 0 radical (unpaired) electrons. The molecule has 17 heavy (non-hydrogen) atoms. The summed E-state index contributed by atoms with van der Waals surface area (Å²) in [7, 11) is 1.25. The van der Waals surface area contributed by atoms with Crippen molar-refractivity contribution in [3.05, 3.63) is 5.82 Å². The van der Waals surface area contributed by atoms with E-state index in [-0.39, 0.29) is 17.1 Å². The van der Waals surface area contributed by atoms with E-state index in [9.17, 15) is 9.59 Å². The second-order valence-electron chi connectivity index (χ2n) is 4.70. The number of anilines is 1. The van der Waals surface area contributed by atoms with Crippen molar-refractivity contribution in [1.82, 2.24) is 9.36 Å². The zero-order valence-corrected chi connectivity index (χ0v) is 11.1. The van der Waals surface area contributed by atoms with Crippen LogP contribution in [0.3, 0.4) is 0 Å². The highest BCUT2D eigenvalue weighted by Gasteiger charge is 2.18. The van der Waals surface area contributed by atoms with Gasteiger partial charge in [-0.15, -0.1) is 0 Å². The largest absolute Gasteiger partial charge is 0.463 e. The van der Waals surface area contributed by atoms with Crippen LogP contribution in [0.2, 0.25) is 0 Å². The fraction of sp³-hybridized carbons (Fsp3) is 0.600. The number of amides is 1. The van der Waals surface area contributed by atoms with Crippen LogP contribution in [0.4, 0.5) is 5.13 Å². The van der Waals surface area contributed by atoms with E-state index in [1.165, 1.54) is 7.11 Å². The summed E-state index contributed by atoms with van der Waals surface area (Å²) < 4.78 is 8.24. The Morgan fingerprint density at radius 3 is 2.59 bits per heavy atom. The summed E-state index contributed by atoms with van der Waals surface area (Å²) in [6, 6.07) is 0. The maximum absolute atomic E-state index is 11.6. The lowest BCUT2D eigenvalue weighted by atomic mass is 9.92. The van der Waals surface area contributed by atoms with Crippen LogP contribution >= 0.6 is 11.5 Å². The minimum atomic E-state index is -0.613. The van der Waals surface area contributed by atoms with Crippen molar-refractivity contribution in [1.29, 1.82) is 0 Å². The summed E-state index contributed by atoms with van der Waals surface area (Å²) in [4.78, 5) is 26.5. The molecule has 0 aromatic carbocycles. The molecule has 94 valence electrons. The molecule has 7 heteroatoms. The van der Waals surface area contributed by atoms with Gasteiger partial charge in [0, 0.05) is 18.0 Å². The first kappa shape index (κ1) is 13.6. The Bertz CT molecular complexity index is 423. The molecule has 0 atom stereocenters. The second kappa shape index (κ2) is 5.22. The van der Waals surface area contributed by atoms with Crippen LogP contribution in [0.25, 0.3) is 0 Å². The topological polar surface area (TPSA) is 81.2 Å². The molecule has 1 rings (SSSR count). The van der Waals surface area contributed by atoms with Gasteiger partial charge < -0.3 is 10.1 Å². The highest BCUT2D eigenvalue weighted by Crippen LogP contribution is 2.20. The standard InChI is InChI=1S/C10H15N3O3S/c1-10(2,3)5-6(14)11-9-12-7(13-17-9)8(15)16-4/h5H2,1-4H3,(H,11,12,13,14). The highest BCUT2D eigenvalue weighted by molar-refractivity contribution is 7.10. The Kier molecular flexibility index (Phi) is 4.17. The number of esters is 1. The van der Waals surface area contributed by atoms with Gasteiger partial charge in [-0.2, -0.15) is 9.36 Å². The van der Waals surface area contributed by atoms with E-state index in [0.717, 1.165) is 11.5 Å². The highest BCUT2D eigenvalue weighted by atomic mass is 32.1. The van der Waals surface area contributed by atoms with Crippen LogP contribution < -0.4 is 5.32 Å². The van der Waals surface area contributed by atoms with Gasteiger partial charge in [0.15, 0.2) is 0 Å². The van der Waals surface area contributed by atoms with E-state index in [1.807, 2.05) is 20.8 Å². The fourth-order valence-corrected chi connectivity index (χ4v) is 1.67. The van der Waals surface area contributed by atoms with E-state index in [1.54, 1.807) is 0 Å². The fourth-order valence-electron chi connectivity index (χ4n) is 1.09. The lowest BCUT2D eigenvalue weighted by molar-refractivity contribution is -0.117. The lowest BCUT2D eigenvalue weighted by Gasteiger charge is -2.16. The Balaban J connectivity index is 2.61. The summed E-state index contributed by atoms with van der Waals surface area (Å²) in [5.74, 6) is -0.800. The van der Waals surface area contributed by atoms with E-state index in [0.29, 0.717) is 11.6 Å². The predicted molar refractivity (Wildman–Crippen MR) is 64.0 cm³/mol. The normalized spacial score (nSPS) is 11.1. The van der Waals surface area contributed by atoms with Gasteiger partial charge in [0.2, 0.25) is 11.0 Å². The number of nitrogens with zero attached hydrogens (tertiary/aromatic N) is 2. The molecular formula is C10H15N3O3S. The van der Waals surface area contributed by atoms with E-state index in [4.69, 9.17) is 0 Å². The van der Waals surface area contributed by atoms with Gasteiger partial charge in [-0.25, -0.2) is 4.79 Å². The number of hydrogen-bond donors (Lipinski definition) is 1. The van der Waals surface area contributed by atoms with Gasteiger partial charge in [0.1, 0.15) is 0 Å². The zero-order chi connectivity index (χ0) is 13.1. The maximum atomic E-state index is 11.6. The number of methoxy groups -OCH3 is 1. The molecule has 1 aromatic heterocycles. The molecule has 1 heterocycles. The quantitative estimate of drug-likeness (QED) is 0.833. The molecule has 0 aliphatic carbocycles. The average Bonchev–Trinajstić information content (AvgIpc) is 2.62. The number of carbonyl (C=O) groups is 2. The summed E-state index contributed by atoms with van der Waals surface area (Å²) >= 11 is 0.954. The lowest BCUT2D eigenvalue weighted by Crippen LogP contribution is -2.19. The Labute approximate surface area is 104 Å². The minimum Gasteiger partial charge on any atom is -0.463 e. The van der Waals surface area contributed by atoms with Crippen molar-refractivity contribution >= 4 is 28.5 Å². The van der Waals surface area contributed by atoms with Gasteiger partial charge in [-0.3, -0.25) is 4.79 Å². The van der Waals surface area contributed by atoms with Crippen molar-refractivity contribution in [2.75, 3.05) is 12.4 Å². The van der Waals surface area contributed by atoms with Crippen molar-refractivity contribution < 1.29 is 14.3 Å². The van der Waals surface area contributed by atoms with Crippen LogP contribution in [-0.4, -0.2) is 28.3 Å². The van der Waals surface area contributed by atoms with Crippen LogP contribution in [0.5, 0.6) is 0 Å². The first-order valence-corrected chi connectivity index (χ1v) is 5.81. The summed E-state index contributed by atoms with van der Waals surface area (Å²) in [6.07, 6.45) is 0.375. The SMILES string of the molecule is COC(=O)c1nsc(NC(=O)CC(C)(C)C)n1. The molecule has 0 unspecified atom stereocenters. The molecule has 0 bridgehead atoms. The summed E-state index contributed by atoms with van der Waals surface area (Å²) in [5.41, 5.74) is -0.0973. The van der Waals surface area contributed by atoms with E-state index < -0.39 is 5.97 Å². The van der Waals surface area contributed by atoms with E-state index >= 15 is 0 Å². The number of hydrogen-bond acceptors (Lipinski definition) is 6. The molecule has 6 nitrogen and oxygen atoms in total. The molecule has 0 fully saturated rings. The van der Waals surface area contributed by atoms with Gasteiger partial charge in [0.05, 0.1) is 7.11 Å². The monoisotopic (exact) mass is 257 g/mol. The average molecular weight is 257 g/mol. The molecule has 1 amide bonds. The third-order valence-electron chi connectivity index (χ3n) is 1.73. The molecule has 0 aliphatic rings. The Hall–Kier alpha value is -1.50.